The third kappa shape index (κ3) is 2.73. The molecular formula is C19H14N4O4. The smallest absolute Gasteiger partial charge is 0.349 e. The number of carbonyl (C=O) groups is 2. The molecule has 8 heteroatoms. The quantitative estimate of drug-likeness (QED) is 0.440. The zero-order chi connectivity index (χ0) is 19.0. The summed E-state index contributed by atoms with van der Waals surface area (Å²) in [6, 6.07) is 10.5. The Hall–Kier alpha value is -3.94. The number of amides is 1. The van der Waals surface area contributed by atoms with Crippen LogP contribution in [0.2, 0.25) is 0 Å². The number of esters is 1. The molecule has 0 aliphatic carbocycles. The van der Waals surface area contributed by atoms with Crippen LogP contribution >= 0.6 is 0 Å². The topological polar surface area (TPSA) is 109 Å². The van der Waals surface area contributed by atoms with Crippen LogP contribution in [0.5, 0.6) is 11.5 Å². The van der Waals surface area contributed by atoms with Gasteiger partial charge in [-0.1, -0.05) is 24.3 Å². The first-order valence-corrected chi connectivity index (χ1v) is 8.00. The first-order valence-electron chi connectivity index (χ1n) is 8.00. The molecule has 2 N–H and O–H groups in total. The summed E-state index contributed by atoms with van der Waals surface area (Å²) in [6.45, 7) is 0. The van der Waals surface area contributed by atoms with Crippen molar-refractivity contribution in [1.82, 2.24) is 14.6 Å². The zero-order valence-corrected chi connectivity index (χ0v) is 14.2. The van der Waals surface area contributed by atoms with Gasteiger partial charge >= 0.3 is 5.97 Å². The lowest BCUT2D eigenvalue weighted by molar-refractivity contribution is 0.0729. The van der Waals surface area contributed by atoms with Gasteiger partial charge in [-0.05, 0) is 22.9 Å². The number of methoxy groups -OCH3 is 1. The van der Waals surface area contributed by atoms with Gasteiger partial charge in [0.15, 0.2) is 17.1 Å². The van der Waals surface area contributed by atoms with E-state index in [1.807, 2.05) is 12.1 Å². The summed E-state index contributed by atoms with van der Waals surface area (Å²) in [5.41, 5.74) is 6.14. The van der Waals surface area contributed by atoms with Crippen molar-refractivity contribution in [2.75, 3.05) is 7.11 Å². The Morgan fingerprint density at radius 1 is 1.19 bits per heavy atom. The molecule has 0 radical (unpaired) electrons. The number of hydrogen-bond acceptors (Lipinski definition) is 6. The van der Waals surface area contributed by atoms with Crippen LogP contribution in [0.15, 0.2) is 55.0 Å². The zero-order valence-electron chi connectivity index (χ0n) is 14.2. The van der Waals surface area contributed by atoms with E-state index in [9.17, 15) is 9.59 Å². The molecule has 0 saturated carbocycles. The Morgan fingerprint density at radius 3 is 2.78 bits per heavy atom. The first kappa shape index (κ1) is 16.5. The molecule has 0 spiro atoms. The number of nitrogens with two attached hydrogens (primary N) is 1. The Labute approximate surface area is 153 Å². The van der Waals surface area contributed by atoms with Crippen LogP contribution in [0.3, 0.4) is 0 Å². The van der Waals surface area contributed by atoms with Crippen LogP contribution in [0.25, 0.3) is 16.4 Å². The van der Waals surface area contributed by atoms with Crippen LogP contribution in [0.1, 0.15) is 20.7 Å². The molecule has 0 aliphatic rings. The third-order valence-corrected chi connectivity index (χ3v) is 4.13. The summed E-state index contributed by atoms with van der Waals surface area (Å²) in [6.07, 6.45) is 4.55. The highest BCUT2D eigenvalue weighted by atomic mass is 16.6. The molecule has 4 rings (SSSR count). The van der Waals surface area contributed by atoms with E-state index in [0.717, 1.165) is 5.39 Å². The summed E-state index contributed by atoms with van der Waals surface area (Å²) < 4.78 is 12.3. The van der Waals surface area contributed by atoms with Crippen molar-refractivity contribution in [2.45, 2.75) is 0 Å². The molecule has 0 saturated heterocycles. The van der Waals surface area contributed by atoms with E-state index in [-0.39, 0.29) is 22.6 Å². The molecule has 134 valence electrons. The number of rotatable bonds is 4. The molecular weight excluding hydrogens is 348 g/mol. The Kier molecular flexibility index (Phi) is 3.92. The molecule has 1 amide bonds. The highest BCUT2D eigenvalue weighted by Gasteiger charge is 2.24. The van der Waals surface area contributed by atoms with Crippen molar-refractivity contribution in [3.05, 3.63) is 66.1 Å². The minimum atomic E-state index is -0.731. The van der Waals surface area contributed by atoms with Crippen molar-refractivity contribution in [2.24, 2.45) is 5.73 Å². The number of fused-ring (bicyclic) bond motifs is 2. The molecule has 8 nitrogen and oxygen atoms in total. The van der Waals surface area contributed by atoms with Crippen molar-refractivity contribution < 1.29 is 19.1 Å². The van der Waals surface area contributed by atoms with Gasteiger partial charge in [0.2, 0.25) is 0 Å². The van der Waals surface area contributed by atoms with E-state index >= 15 is 0 Å². The van der Waals surface area contributed by atoms with Gasteiger partial charge in [-0.2, -0.15) is 5.10 Å². The molecule has 2 aromatic carbocycles. The predicted octanol–water partition coefficient (Wildman–Crippen LogP) is 2.21. The largest absolute Gasteiger partial charge is 0.493 e. The van der Waals surface area contributed by atoms with E-state index < -0.39 is 11.9 Å². The van der Waals surface area contributed by atoms with Gasteiger partial charge in [-0.15, -0.1) is 0 Å². The highest BCUT2D eigenvalue weighted by Crippen LogP contribution is 2.38. The molecule has 0 atom stereocenters. The van der Waals surface area contributed by atoms with E-state index in [1.165, 1.54) is 17.8 Å². The van der Waals surface area contributed by atoms with Gasteiger partial charge in [0, 0.05) is 12.4 Å². The standard InChI is InChI=1S/C19H14N4O4/c1-26-14-9-11-5-2-3-6-12(11)15(17(20)24)16(14)27-19(25)13-10-22-23-8-4-7-21-18(13)23/h2-10H,1H3,(H2,20,24). The minimum Gasteiger partial charge on any atom is -0.493 e. The van der Waals surface area contributed by atoms with Crippen molar-refractivity contribution in [3.8, 4) is 11.5 Å². The van der Waals surface area contributed by atoms with E-state index in [2.05, 4.69) is 10.1 Å². The molecule has 0 bridgehead atoms. The fourth-order valence-electron chi connectivity index (χ4n) is 2.92. The van der Waals surface area contributed by atoms with Crippen LogP contribution < -0.4 is 15.2 Å². The summed E-state index contributed by atoms with van der Waals surface area (Å²) >= 11 is 0. The first-order chi connectivity index (χ1) is 13.1. The van der Waals surface area contributed by atoms with Gasteiger partial charge in [-0.3, -0.25) is 4.79 Å². The molecule has 27 heavy (non-hydrogen) atoms. The summed E-state index contributed by atoms with van der Waals surface area (Å²) in [7, 11) is 1.42. The van der Waals surface area contributed by atoms with Gasteiger partial charge in [0.1, 0.15) is 5.56 Å². The van der Waals surface area contributed by atoms with Crippen LogP contribution in [-0.4, -0.2) is 33.6 Å². The maximum atomic E-state index is 12.7. The Balaban J connectivity index is 1.86. The van der Waals surface area contributed by atoms with E-state index in [0.29, 0.717) is 11.0 Å². The van der Waals surface area contributed by atoms with Crippen LogP contribution in [0.4, 0.5) is 0 Å². The maximum Gasteiger partial charge on any atom is 0.349 e. The molecule has 2 heterocycles. The third-order valence-electron chi connectivity index (χ3n) is 4.13. The van der Waals surface area contributed by atoms with Crippen molar-refractivity contribution in [1.29, 1.82) is 0 Å². The van der Waals surface area contributed by atoms with Crippen LogP contribution in [0, 0.1) is 0 Å². The average molecular weight is 362 g/mol. The predicted molar refractivity (Wildman–Crippen MR) is 97.0 cm³/mol. The highest BCUT2D eigenvalue weighted by molar-refractivity contribution is 6.11. The fourth-order valence-corrected chi connectivity index (χ4v) is 2.92. The number of primary amides is 1. The van der Waals surface area contributed by atoms with Gasteiger partial charge in [-0.25, -0.2) is 14.3 Å². The number of ether oxygens (including phenoxy) is 2. The fraction of sp³-hybridized carbons (Fsp3) is 0.0526. The SMILES string of the molecule is COc1cc2ccccc2c(C(N)=O)c1OC(=O)c1cnn2cccnc12. The molecule has 0 unspecified atom stereocenters. The monoisotopic (exact) mass is 362 g/mol. The molecule has 0 fully saturated rings. The Bertz CT molecular complexity index is 1200. The molecule has 2 aromatic heterocycles. The van der Waals surface area contributed by atoms with E-state index in [1.54, 1.807) is 36.7 Å². The lowest BCUT2D eigenvalue weighted by atomic mass is 10.0. The van der Waals surface area contributed by atoms with Crippen molar-refractivity contribution in [3.63, 3.8) is 0 Å². The minimum absolute atomic E-state index is 0.0380. The number of nitrogens with zero attached hydrogens (tertiary/aromatic N) is 3. The number of aromatic nitrogens is 3. The second-order valence-electron chi connectivity index (χ2n) is 5.70. The average Bonchev–Trinajstić information content (AvgIpc) is 3.11. The van der Waals surface area contributed by atoms with Crippen LogP contribution in [-0.2, 0) is 0 Å². The summed E-state index contributed by atoms with van der Waals surface area (Å²) in [5, 5.41) is 5.36. The van der Waals surface area contributed by atoms with E-state index in [4.69, 9.17) is 15.2 Å². The number of hydrogen-bond donors (Lipinski definition) is 1. The molecule has 4 aromatic rings. The Morgan fingerprint density at radius 2 is 2.00 bits per heavy atom. The van der Waals surface area contributed by atoms with Crippen molar-refractivity contribution >= 4 is 28.3 Å². The summed E-state index contributed by atoms with van der Waals surface area (Å²) in [4.78, 5) is 29.0. The van der Waals surface area contributed by atoms with Gasteiger partial charge < -0.3 is 15.2 Å². The number of benzene rings is 2. The number of carbonyl (C=O) groups excluding carboxylic acids is 2. The second kappa shape index (κ2) is 6.41. The molecule has 0 aliphatic heterocycles. The van der Waals surface area contributed by atoms with Gasteiger partial charge in [0.05, 0.1) is 18.9 Å². The second-order valence-corrected chi connectivity index (χ2v) is 5.70. The lowest BCUT2D eigenvalue weighted by Crippen LogP contribution is -2.17. The normalized spacial score (nSPS) is 10.9. The summed E-state index contributed by atoms with van der Waals surface area (Å²) in [5.74, 6) is -1.27. The lowest BCUT2D eigenvalue weighted by Gasteiger charge is -2.14. The van der Waals surface area contributed by atoms with Gasteiger partial charge in [0.25, 0.3) is 5.91 Å². The maximum absolute atomic E-state index is 12.7.